The fourth-order valence-corrected chi connectivity index (χ4v) is 3.22. The van der Waals surface area contributed by atoms with E-state index in [4.69, 9.17) is 10.5 Å². The molecule has 1 amide bonds. The average molecular weight is 338 g/mol. The van der Waals surface area contributed by atoms with Crippen LogP contribution < -0.4 is 10.5 Å². The van der Waals surface area contributed by atoms with Gasteiger partial charge in [-0.3, -0.25) is 4.79 Å². The van der Waals surface area contributed by atoms with Crippen molar-refractivity contribution in [2.75, 3.05) is 19.7 Å². The summed E-state index contributed by atoms with van der Waals surface area (Å²) in [5.74, 6) is 1.57. The van der Waals surface area contributed by atoms with Gasteiger partial charge in [0.1, 0.15) is 5.75 Å². The number of para-hydroxylation sites is 1. The molecule has 132 valence electrons. The van der Waals surface area contributed by atoms with Crippen molar-refractivity contribution in [2.24, 2.45) is 11.7 Å². The third kappa shape index (κ3) is 5.07. The molecule has 1 atom stereocenters. The van der Waals surface area contributed by atoms with Crippen LogP contribution in [0.3, 0.4) is 0 Å². The van der Waals surface area contributed by atoms with Gasteiger partial charge in [-0.15, -0.1) is 0 Å². The molecule has 25 heavy (non-hydrogen) atoms. The van der Waals surface area contributed by atoms with E-state index < -0.39 is 0 Å². The van der Waals surface area contributed by atoms with Gasteiger partial charge in [0.25, 0.3) is 0 Å². The van der Waals surface area contributed by atoms with Crippen molar-refractivity contribution in [3.8, 4) is 5.75 Å². The molecule has 0 spiro atoms. The number of carbonyl (C=O) groups is 1. The molecule has 1 unspecified atom stereocenters. The molecular weight excluding hydrogens is 312 g/mol. The Bertz CT molecular complexity index is 652. The lowest BCUT2D eigenvalue weighted by Gasteiger charge is -2.32. The topological polar surface area (TPSA) is 55.6 Å². The second-order valence-electron chi connectivity index (χ2n) is 6.67. The van der Waals surface area contributed by atoms with Gasteiger partial charge >= 0.3 is 0 Å². The van der Waals surface area contributed by atoms with Gasteiger partial charge in [0.05, 0.1) is 6.61 Å². The molecule has 2 aromatic carbocycles. The number of piperidine rings is 1. The molecule has 1 aliphatic heterocycles. The normalized spacial score (nSPS) is 16.4. The van der Waals surface area contributed by atoms with Crippen LogP contribution in [0.2, 0.25) is 0 Å². The van der Waals surface area contributed by atoms with Gasteiger partial charge in [-0.2, -0.15) is 0 Å². The molecule has 1 aliphatic rings. The predicted molar refractivity (Wildman–Crippen MR) is 99.2 cm³/mol. The highest BCUT2D eigenvalue weighted by Gasteiger charge is 2.24. The van der Waals surface area contributed by atoms with Crippen molar-refractivity contribution in [3.63, 3.8) is 0 Å². The van der Waals surface area contributed by atoms with E-state index in [-0.39, 0.29) is 11.9 Å². The van der Waals surface area contributed by atoms with Crippen LogP contribution in [-0.2, 0) is 4.79 Å². The van der Waals surface area contributed by atoms with Crippen LogP contribution in [0.5, 0.6) is 5.75 Å². The number of amides is 1. The predicted octanol–water partition coefficient (Wildman–Crippen LogP) is 3.39. The standard InChI is InChI=1S/C21H26N2O2/c22-20(18-7-3-1-4-8-18)15-21(24)23-13-11-17(12-14-23)16-25-19-9-5-2-6-10-19/h1-10,17,20H,11-16,22H2. The second-order valence-corrected chi connectivity index (χ2v) is 6.67. The largest absolute Gasteiger partial charge is 0.493 e. The summed E-state index contributed by atoms with van der Waals surface area (Å²) >= 11 is 0. The van der Waals surface area contributed by atoms with Crippen LogP contribution in [0.25, 0.3) is 0 Å². The number of hydrogen-bond acceptors (Lipinski definition) is 3. The molecule has 4 heteroatoms. The smallest absolute Gasteiger partial charge is 0.224 e. The molecule has 0 bridgehead atoms. The number of likely N-dealkylation sites (tertiary alicyclic amines) is 1. The molecule has 1 fully saturated rings. The van der Waals surface area contributed by atoms with Crippen molar-refractivity contribution in [1.82, 2.24) is 4.90 Å². The number of nitrogens with zero attached hydrogens (tertiary/aromatic N) is 1. The lowest BCUT2D eigenvalue weighted by atomic mass is 9.96. The summed E-state index contributed by atoms with van der Waals surface area (Å²) in [6.07, 6.45) is 2.34. The summed E-state index contributed by atoms with van der Waals surface area (Å²) < 4.78 is 5.84. The Hall–Kier alpha value is -2.33. The van der Waals surface area contributed by atoms with Crippen LogP contribution in [0.15, 0.2) is 60.7 Å². The van der Waals surface area contributed by atoms with E-state index in [1.54, 1.807) is 0 Å². The molecular formula is C21H26N2O2. The Balaban J connectivity index is 1.41. The Morgan fingerprint density at radius 3 is 2.28 bits per heavy atom. The average Bonchev–Trinajstić information content (AvgIpc) is 2.68. The third-order valence-corrected chi connectivity index (χ3v) is 4.82. The van der Waals surface area contributed by atoms with Gasteiger partial charge in [0.15, 0.2) is 0 Å². The Labute approximate surface area is 149 Å². The molecule has 0 aromatic heterocycles. The molecule has 1 heterocycles. The maximum Gasteiger partial charge on any atom is 0.224 e. The number of carbonyl (C=O) groups excluding carboxylic acids is 1. The Kier molecular flexibility index (Phi) is 6.07. The minimum absolute atomic E-state index is 0.152. The highest BCUT2D eigenvalue weighted by atomic mass is 16.5. The number of hydrogen-bond donors (Lipinski definition) is 1. The van der Waals surface area contributed by atoms with Gasteiger partial charge in [0.2, 0.25) is 5.91 Å². The highest BCUT2D eigenvalue weighted by Crippen LogP contribution is 2.21. The molecule has 4 nitrogen and oxygen atoms in total. The number of rotatable bonds is 6. The van der Waals surface area contributed by atoms with Crippen molar-refractivity contribution in [1.29, 1.82) is 0 Å². The summed E-state index contributed by atoms with van der Waals surface area (Å²) in [6.45, 7) is 2.31. The van der Waals surface area contributed by atoms with E-state index in [1.807, 2.05) is 65.6 Å². The van der Waals surface area contributed by atoms with Crippen molar-refractivity contribution in [2.45, 2.75) is 25.3 Å². The zero-order valence-electron chi connectivity index (χ0n) is 14.5. The first-order valence-electron chi connectivity index (χ1n) is 8.98. The van der Waals surface area contributed by atoms with Gasteiger partial charge in [0, 0.05) is 25.6 Å². The van der Waals surface area contributed by atoms with Crippen molar-refractivity contribution in [3.05, 3.63) is 66.2 Å². The maximum absolute atomic E-state index is 12.5. The zero-order chi connectivity index (χ0) is 17.5. The van der Waals surface area contributed by atoms with E-state index >= 15 is 0 Å². The van der Waals surface area contributed by atoms with Crippen molar-refractivity contribution < 1.29 is 9.53 Å². The number of ether oxygens (including phenoxy) is 1. The van der Waals surface area contributed by atoms with E-state index in [0.29, 0.717) is 12.3 Å². The highest BCUT2D eigenvalue weighted by molar-refractivity contribution is 5.77. The van der Waals surface area contributed by atoms with E-state index in [0.717, 1.165) is 43.9 Å². The molecule has 0 saturated carbocycles. The van der Waals surface area contributed by atoms with Crippen LogP contribution >= 0.6 is 0 Å². The van der Waals surface area contributed by atoms with E-state index in [1.165, 1.54) is 0 Å². The quantitative estimate of drug-likeness (QED) is 0.878. The van der Waals surface area contributed by atoms with Crippen molar-refractivity contribution >= 4 is 5.91 Å². The zero-order valence-corrected chi connectivity index (χ0v) is 14.5. The number of nitrogens with two attached hydrogens (primary N) is 1. The minimum Gasteiger partial charge on any atom is -0.493 e. The first-order chi connectivity index (χ1) is 12.2. The minimum atomic E-state index is -0.229. The summed E-state index contributed by atoms with van der Waals surface area (Å²) in [5.41, 5.74) is 7.19. The molecule has 2 aromatic rings. The number of benzene rings is 2. The van der Waals surface area contributed by atoms with Gasteiger partial charge in [-0.05, 0) is 36.5 Å². The fourth-order valence-electron chi connectivity index (χ4n) is 3.22. The molecule has 1 saturated heterocycles. The summed E-state index contributed by atoms with van der Waals surface area (Å²) in [4.78, 5) is 14.4. The SMILES string of the molecule is NC(CC(=O)N1CCC(COc2ccccc2)CC1)c1ccccc1. The Morgan fingerprint density at radius 1 is 1.04 bits per heavy atom. The van der Waals surface area contributed by atoms with Crippen LogP contribution in [0.1, 0.15) is 30.9 Å². The molecule has 0 radical (unpaired) electrons. The van der Waals surface area contributed by atoms with Crippen LogP contribution in [0.4, 0.5) is 0 Å². The lowest BCUT2D eigenvalue weighted by Crippen LogP contribution is -2.40. The molecule has 0 aliphatic carbocycles. The molecule has 3 rings (SSSR count). The first kappa shape index (κ1) is 17.5. The second kappa shape index (κ2) is 8.67. The molecule has 2 N–H and O–H groups in total. The maximum atomic E-state index is 12.5. The fraction of sp³-hybridized carbons (Fsp3) is 0.381. The van der Waals surface area contributed by atoms with E-state index in [2.05, 4.69) is 0 Å². The Morgan fingerprint density at radius 2 is 1.64 bits per heavy atom. The van der Waals surface area contributed by atoms with Gasteiger partial charge < -0.3 is 15.4 Å². The summed E-state index contributed by atoms with van der Waals surface area (Å²) in [7, 11) is 0. The lowest BCUT2D eigenvalue weighted by molar-refractivity contribution is -0.133. The van der Waals surface area contributed by atoms with Crippen LogP contribution in [0, 0.1) is 5.92 Å². The van der Waals surface area contributed by atoms with E-state index in [9.17, 15) is 4.79 Å². The summed E-state index contributed by atoms with van der Waals surface area (Å²) in [6, 6.07) is 19.5. The summed E-state index contributed by atoms with van der Waals surface area (Å²) in [5, 5.41) is 0. The first-order valence-corrected chi connectivity index (χ1v) is 8.98. The van der Waals surface area contributed by atoms with Crippen LogP contribution in [-0.4, -0.2) is 30.5 Å². The van der Waals surface area contributed by atoms with Gasteiger partial charge in [-0.1, -0.05) is 48.5 Å². The third-order valence-electron chi connectivity index (χ3n) is 4.82. The monoisotopic (exact) mass is 338 g/mol. The van der Waals surface area contributed by atoms with Gasteiger partial charge in [-0.25, -0.2) is 0 Å².